The number of hydrogen-bond donors (Lipinski definition) is 1. The summed E-state index contributed by atoms with van der Waals surface area (Å²) >= 11 is 0. The monoisotopic (exact) mass is 211 g/mol. The lowest BCUT2D eigenvalue weighted by molar-refractivity contribution is -0.145. The van der Waals surface area contributed by atoms with Crippen molar-refractivity contribution in [2.24, 2.45) is 17.8 Å². The fourth-order valence-electron chi connectivity index (χ4n) is 2.99. The van der Waals surface area contributed by atoms with E-state index in [1.54, 1.807) is 0 Å². The molecule has 0 amide bonds. The molecule has 0 bridgehead atoms. The predicted octanol–water partition coefficient (Wildman–Crippen LogP) is 1.83. The van der Waals surface area contributed by atoms with Crippen molar-refractivity contribution in [3.05, 3.63) is 0 Å². The van der Waals surface area contributed by atoms with Gasteiger partial charge in [-0.25, -0.2) is 0 Å². The number of hydrogen-bond acceptors (Lipinski definition) is 2. The molecule has 2 fully saturated rings. The van der Waals surface area contributed by atoms with Crippen molar-refractivity contribution < 1.29 is 9.90 Å². The normalized spacial score (nSPS) is 34.5. The molecule has 3 nitrogen and oxygen atoms in total. The van der Waals surface area contributed by atoms with Gasteiger partial charge in [-0.2, -0.15) is 0 Å². The molecule has 0 aromatic heterocycles. The fraction of sp³-hybridized carbons (Fsp3) is 0.917. The Bertz CT molecular complexity index is 238. The first kappa shape index (κ1) is 10.9. The van der Waals surface area contributed by atoms with E-state index in [-0.39, 0.29) is 5.92 Å². The van der Waals surface area contributed by atoms with Crippen LogP contribution in [0.25, 0.3) is 0 Å². The van der Waals surface area contributed by atoms with Crippen molar-refractivity contribution in [3.8, 4) is 0 Å². The van der Waals surface area contributed by atoms with E-state index >= 15 is 0 Å². The average Bonchev–Trinajstić information content (AvgIpc) is 2.26. The third kappa shape index (κ3) is 2.33. The van der Waals surface area contributed by atoms with Gasteiger partial charge in [-0.15, -0.1) is 0 Å². The molecule has 1 saturated carbocycles. The van der Waals surface area contributed by atoms with Crippen LogP contribution in [0.5, 0.6) is 0 Å². The van der Waals surface area contributed by atoms with E-state index in [2.05, 4.69) is 11.9 Å². The summed E-state index contributed by atoms with van der Waals surface area (Å²) in [4.78, 5) is 13.5. The first-order chi connectivity index (χ1) is 7.18. The van der Waals surface area contributed by atoms with Crippen LogP contribution in [0.1, 0.15) is 32.1 Å². The molecule has 1 heterocycles. The topological polar surface area (TPSA) is 40.5 Å². The van der Waals surface area contributed by atoms with Gasteiger partial charge in [0.15, 0.2) is 0 Å². The second-order valence-corrected chi connectivity index (χ2v) is 5.18. The Morgan fingerprint density at radius 3 is 2.40 bits per heavy atom. The summed E-state index contributed by atoms with van der Waals surface area (Å²) < 4.78 is 0. The number of carboxylic acid groups (broad SMARTS) is 1. The number of rotatable bonds is 2. The number of aliphatic carboxylic acids is 1. The van der Waals surface area contributed by atoms with Gasteiger partial charge in [0, 0.05) is 0 Å². The van der Waals surface area contributed by atoms with E-state index in [1.807, 2.05) is 0 Å². The van der Waals surface area contributed by atoms with Crippen LogP contribution in [0.4, 0.5) is 0 Å². The highest BCUT2D eigenvalue weighted by Crippen LogP contribution is 2.41. The van der Waals surface area contributed by atoms with E-state index in [9.17, 15) is 9.90 Å². The van der Waals surface area contributed by atoms with Gasteiger partial charge in [0.1, 0.15) is 0 Å². The van der Waals surface area contributed by atoms with Crippen molar-refractivity contribution in [2.45, 2.75) is 32.1 Å². The maximum atomic E-state index is 11.3. The van der Waals surface area contributed by atoms with Crippen LogP contribution >= 0.6 is 0 Å². The molecule has 1 N–H and O–H groups in total. The maximum absolute atomic E-state index is 11.3. The molecule has 0 radical (unpaired) electrons. The van der Waals surface area contributed by atoms with Crippen LogP contribution in [-0.4, -0.2) is 36.1 Å². The highest BCUT2D eigenvalue weighted by Gasteiger charge is 2.38. The van der Waals surface area contributed by atoms with Gasteiger partial charge in [0.2, 0.25) is 0 Å². The van der Waals surface area contributed by atoms with Gasteiger partial charge in [-0.05, 0) is 44.8 Å². The summed E-state index contributed by atoms with van der Waals surface area (Å²) in [7, 11) is 2.10. The Hall–Kier alpha value is -0.570. The van der Waals surface area contributed by atoms with Crippen molar-refractivity contribution in [2.75, 3.05) is 20.1 Å². The van der Waals surface area contributed by atoms with Gasteiger partial charge >= 0.3 is 5.97 Å². The van der Waals surface area contributed by atoms with Crippen LogP contribution in [0, 0.1) is 17.8 Å². The van der Waals surface area contributed by atoms with E-state index in [0.717, 1.165) is 25.9 Å². The standard InChI is InChI=1S/C12H21NO2/c1-13-7-5-10(9-3-2-4-9)11(6-8-13)12(14)15/h9-11H,2-8H2,1H3,(H,14,15). The molecular weight excluding hydrogens is 190 g/mol. The number of likely N-dealkylation sites (tertiary alicyclic amines) is 1. The lowest BCUT2D eigenvalue weighted by Gasteiger charge is -2.36. The van der Waals surface area contributed by atoms with Gasteiger partial charge in [-0.1, -0.05) is 19.3 Å². The third-order valence-corrected chi connectivity index (χ3v) is 4.26. The fourth-order valence-corrected chi connectivity index (χ4v) is 2.99. The van der Waals surface area contributed by atoms with E-state index in [4.69, 9.17) is 0 Å². The summed E-state index contributed by atoms with van der Waals surface area (Å²) in [5.41, 5.74) is 0. The van der Waals surface area contributed by atoms with Gasteiger partial charge in [-0.3, -0.25) is 4.79 Å². The SMILES string of the molecule is CN1CCC(C(=O)O)C(C2CCC2)CC1. The Kier molecular flexibility index (Phi) is 3.29. The zero-order valence-electron chi connectivity index (χ0n) is 9.48. The van der Waals surface area contributed by atoms with E-state index in [1.165, 1.54) is 19.3 Å². The quantitative estimate of drug-likeness (QED) is 0.757. The molecule has 2 aliphatic rings. The highest BCUT2D eigenvalue weighted by molar-refractivity contribution is 5.70. The number of carbonyl (C=O) groups is 1. The molecule has 2 rings (SSSR count). The predicted molar refractivity (Wildman–Crippen MR) is 58.7 cm³/mol. The minimum atomic E-state index is -0.567. The van der Waals surface area contributed by atoms with Gasteiger partial charge < -0.3 is 10.0 Å². The van der Waals surface area contributed by atoms with Crippen molar-refractivity contribution >= 4 is 5.97 Å². The minimum Gasteiger partial charge on any atom is -0.481 e. The first-order valence-electron chi connectivity index (χ1n) is 6.10. The van der Waals surface area contributed by atoms with Gasteiger partial charge in [0.25, 0.3) is 0 Å². The Morgan fingerprint density at radius 2 is 1.87 bits per heavy atom. The molecule has 0 aromatic carbocycles. The van der Waals surface area contributed by atoms with Crippen molar-refractivity contribution in [1.82, 2.24) is 4.90 Å². The molecule has 0 aromatic rings. The molecule has 0 spiro atoms. The molecule has 2 atom stereocenters. The minimum absolute atomic E-state index is 0.0831. The summed E-state index contributed by atoms with van der Waals surface area (Å²) in [5.74, 6) is 0.501. The van der Waals surface area contributed by atoms with Crippen LogP contribution in [0.3, 0.4) is 0 Å². The highest BCUT2D eigenvalue weighted by atomic mass is 16.4. The Morgan fingerprint density at radius 1 is 1.20 bits per heavy atom. The summed E-state index contributed by atoms with van der Waals surface area (Å²) in [6.07, 6.45) is 5.75. The molecule has 1 aliphatic carbocycles. The number of nitrogens with zero attached hydrogens (tertiary/aromatic N) is 1. The second-order valence-electron chi connectivity index (χ2n) is 5.18. The lowest BCUT2D eigenvalue weighted by Crippen LogP contribution is -2.32. The molecule has 2 unspecified atom stereocenters. The molecular formula is C12H21NO2. The summed E-state index contributed by atoms with van der Waals surface area (Å²) in [5, 5.41) is 9.27. The third-order valence-electron chi connectivity index (χ3n) is 4.26. The number of carboxylic acids is 1. The Balaban J connectivity index is 2.04. The van der Waals surface area contributed by atoms with E-state index in [0.29, 0.717) is 11.8 Å². The Labute approximate surface area is 91.5 Å². The second kappa shape index (κ2) is 4.52. The molecule has 1 saturated heterocycles. The van der Waals surface area contributed by atoms with Crippen LogP contribution < -0.4 is 0 Å². The summed E-state index contributed by atoms with van der Waals surface area (Å²) in [6, 6.07) is 0. The molecule has 1 aliphatic heterocycles. The molecule has 3 heteroatoms. The molecule has 86 valence electrons. The van der Waals surface area contributed by atoms with E-state index < -0.39 is 5.97 Å². The maximum Gasteiger partial charge on any atom is 0.306 e. The smallest absolute Gasteiger partial charge is 0.306 e. The van der Waals surface area contributed by atoms with Crippen molar-refractivity contribution in [1.29, 1.82) is 0 Å². The van der Waals surface area contributed by atoms with Crippen LogP contribution in [0.15, 0.2) is 0 Å². The van der Waals surface area contributed by atoms with Crippen LogP contribution in [0.2, 0.25) is 0 Å². The molecule has 15 heavy (non-hydrogen) atoms. The summed E-state index contributed by atoms with van der Waals surface area (Å²) in [6.45, 7) is 2.02. The van der Waals surface area contributed by atoms with Crippen LogP contribution in [-0.2, 0) is 4.79 Å². The van der Waals surface area contributed by atoms with Gasteiger partial charge in [0.05, 0.1) is 5.92 Å². The largest absolute Gasteiger partial charge is 0.481 e. The van der Waals surface area contributed by atoms with Crippen molar-refractivity contribution in [3.63, 3.8) is 0 Å². The average molecular weight is 211 g/mol. The lowest BCUT2D eigenvalue weighted by atomic mass is 9.69. The zero-order valence-corrected chi connectivity index (χ0v) is 9.48. The first-order valence-corrected chi connectivity index (χ1v) is 6.10. The zero-order chi connectivity index (χ0) is 10.8.